The molecule has 1 rings (SSSR count). The molecule has 28 heavy (non-hydrogen) atoms. The zero-order valence-electron chi connectivity index (χ0n) is 16.6. The number of rotatable bonds is 11. The van der Waals surface area contributed by atoms with Crippen molar-refractivity contribution in [1.29, 1.82) is 0 Å². The van der Waals surface area contributed by atoms with Crippen LogP contribution >= 0.6 is 11.8 Å². The zero-order valence-corrected chi connectivity index (χ0v) is 17.4. The van der Waals surface area contributed by atoms with Gasteiger partial charge in [0.05, 0.1) is 6.61 Å². The highest BCUT2D eigenvalue weighted by molar-refractivity contribution is 7.99. The molecule has 5 atom stereocenters. The molecule has 9 heteroatoms. The van der Waals surface area contributed by atoms with Gasteiger partial charge < -0.3 is 24.1 Å². The van der Waals surface area contributed by atoms with Gasteiger partial charge in [-0.05, 0) is 25.0 Å². The summed E-state index contributed by atoms with van der Waals surface area (Å²) < 4.78 is 21.8. The number of hydrogen-bond donors (Lipinski definition) is 1. The van der Waals surface area contributed by atoms with Gasteiger partial charge in [-0.15, -0.1) is 18.3 Å². The number of thioether (sulfide) groups is 1. The fraction of sp³-hybridized carbons (Fsp3) is 0.737. The molecule has 0 aromatic carbocycles. The molecule has 8 nitrogen and oxygen atoms in total. The highest BCUT2D eigenvalue weighted by Gasteiger charge is 2.44. The Kier molecular flexibility index (Phi) is 11.2. The topological polar surface area (TPSA) is 108 Å². The minimum Gasteiger partial charge on any atom is -0.462 e. The summed E-state index contributed by atoms with van der Waals surface area (Å²) in [6.45, 7) is 7.09. The van der Waals surface area contributed by atoms with Gasteiger partial charge in [-0.25, -0.2) is 0 Å². The third kappa shape index (κ3) is 8.62. The van der Waals surface area contributed by atoms with Crippen LogP contribution in [0.4, 0.5) is 0 Å². The maximum atomic E-state index is 11.6. The van der Waals surface area contributed by atoms with Crippen molar-refractivity contribution in [3.63, 3.8) is 0 Å². The zero-order chi connectivity index (χ0) is 21.1. The first-order valence-corrected chi connectivity index (χ1v) is 10.3. The lowest BCUT2D eigenvalue weighted by Crippen LogP contribution is -2.51. The minimum atomic E-state index is -0.754. The Morgan fingerprint density at radius 1 is 1.25 bits per heavy atom. The Hall–Kier alpha value is -1.58. The number of carbonyl (C=O) groups is 3. The van der Waals surface area contributed by atoms with Crippen LogP contribution in [0.3, 0.4) is 0 Å². The number of carbonyl (C=O) groups excluding carboxylic acids is 3. The number of aliphatic hydroxyl groups is 1. The molecule has 0 aromatic rings. The molecule has 0 spiro atoms. The van der Waals surface area contributed by atoms with Gasteiger partial charge in [-0.1, -0.05) is 6.08 Å². The van der Waals surface area contributed by atoms with Crippen LogP contribution in [0.25, 0.3) is 0 Å². The predicted octanol–water partition coefficient (Wildman–Crippen LogP) is 1.84. The summed E-state index contributed by atoms with van der Waals surface area (Å²) in [6.07, 6.45) is 1.76. The summed E-state index contributed by atoms with van der Waals surface area (Å²) in [4.78, 5) is 34.3. The van der Waals surface area contributed by atoms with Gasteiger partial charge in [0.15, 0.2) is 0 Å². The average molecular weight is 419 g/mol. The molecule has 0 saturated carbocycles. The summed E-state index contributed by atoms with van der Waals surface area (Å²) in [6, 6.07) is 0. The van der Waals surface area contributed by atoms with E-state index in [1.54, 1.807) is 0 Å². The molecule has 1 saturated heterocycles. The summed E-state index contributed by atoms with van der Waals surface area (Å²) in [7, 11) is 0. The third-order valence-electron chi connectivity index (χ3n) is 4.16. The monoisotopic (exact) mass is 418 g/mol. The minimum absolute atomic E-state index is 0.122. The van der Waals surface area contributed by atoms with Crippen LogP contribution in [0.5, 0.6) is 0 Å². The van der Waals surface area contributed by atoms with Gasteiger partial charge in [0.2, 0.25) is 0 Å². The van der Waals surface area contributed by atoms with E-state index in [4.69, 9.17) is 18.9 Å². The van der Waals surface area contributed by atoms with Gasteiger partial charge >= 0.3 is 17.9 Å². The fourth-order valence-corrected chi connectivity index (χ4v) is 4.28. The first-order valence-electron chi connectivity index (χ1n) is 9.25. The molecule has 1 heterocycles. The standard InChI is InChI=1S/C19H30O8S/c1-5-6-7-8-28-19-15(18(26-14(4)23)11-24-12(2)21)9-16(25-13(3)22)17(10-20)27-19/h5,15-20H,1,6-11H2,2-4H3. The van der Waals surface area contributed by atoms with Crippen molar-refractivity contribution in [2.75, 3.05) is 19.0 Å². The summed E-state index contributed by atoms with van der Waals surface area (Å²) in [5, 5.41) is 9.65. The summed E-state index contributed by atoms with van der Waals surface area (Å²) >= 11 is 1.52. The van der Waals surface area contributed by atoms with Crippen LogP contribution in [0.2, 0.25) is 0 Å². The second-order valence-corrected chi connectivity index (χ2v) is 7.73. The number of aliphatic hydroxyl groups excluding tert-OH is 1. The van der Waals surface area contributed by atoms with E-state index in [0.717, 1.165) is 18.6 Å². The Balaban J connectivity index is 3.00. The first kappa shape index (κ1) is 24.5. The highest BCUT2D eigenvalue weighted by atomic mass is 32.2. The fourth-order valence-electron chi connectivity index (χ4n) is 2.96. The molecule has 1 N–H and O–H groups in total. The Labute approximate surface area is 169 Å². The first-order chi connectivity index (χ1) is 13.3. The molecule has 1 aliphatic heterocycles. The van der Waals surface area contributed by atoms with Crippen molar-refractivity contribution in [3.05, 3.63) is 12.7 Å². The van der Waals surface area contributed by atoms with Gasteiger partial charge in [0.25, 0.3) is 0 Å². The molecule has 0 aromatic heterocycles. The van der Waals surface area contributed by atoms with Crippen molar-refractivity contribution >= 4 is 29.7 Å². The normalized spacial score (nSPS) is 25.4. The Morgan fingerprint density at radius 3 is 2.50 bits per heavy atom. The third-order valence-corrected chi connectivity index (χ3v) is 5.47. The van der Waals surface area contributed by atoms with Crippen molar-refractivity contribution < 1.29 is 38.4 Å². The molecule has 0 aliphatic carbocycles. The molecule has 160 valence electrons. The molecule has 0 radical (unpaired) electrons. The van der Waals surface area contributed by atoms with E-state index < -0.39 is 41.7 Å². The quantitative estimate of drug-likeness (QED) is 0.233. The number of allylic oxidation sites excluding steroid dienone is 1. The maximum absolute atomic E-state index is 11.6. The smallest absolute Gasteiger partial charge is 0.303 e. The second-order valence-electron chi connectivity index (χ2n) is 6.53. The number of esters is 3. The Bertz CT molecular complexity index is 538. The molecule has 5 unspecified atom stereocenters. The van der Waals surface area contributed by atoms with E-state index >= 15 is 0 Å². The number of hydrogen-bond acceptors (Lipinski definition) is 9. The van der Waals surface area contributed by atoms with E-state index in [1.807, 2.05) is 6.08 Å². The van der Waals surface area contributed by atoms with E-state index in [9.17, 15) is 19.5 Å². The second kappa shape index (κ2) is 12.8. The molecule has 0 bridgehead atoms. The lowest BCUT2D eigenvalue weighted by atomic mass is 9.91. The largest absolute Gasteiger partial charge is 0.462 e. The van der Waals surface area contributed by atoms with E-state index in [-0.39, 0.29) is 19.1 Å². The SMILES string of the molecule is C=CCCCSC1OC(CO)C(OC(C)=O)CC1C(COC(C)=O)OC(C)=O. The van der Waals surface area contributed by atoms with Gasteiger partial charge in [-0.3, -0.25) is 14.4 Å². The molecule has 1 aliphatic rings. The predicted molar refractivity (Wildman–Crippen MR) is 103 cm³/mol. The van der Waals surface area contributed by atoms with Crippen LogP contribution in [0.1, 0.15) is 40.0 Å². The van der Waals surface area contributed by atoms with E-state index in [0.29, 0.717) is 6.42 Å². The van der Waals surface area contributed by atoms with Crippen molar-refractivity contribution in [2.24, 2.45) is 5.92 Å². The van der Waals surface area contributed by atoms with Crippen molar-refractivity contribution in [3.8, 4) is 0 Å². The maximum Gasteiger partial charge on any atom is 0.303 e. The van der Waals surface area contributed by atoms with E-state index in [1.165, 1.54) is 32.5 Å². The number of ether oxygens (including phenoxy) is 4. The lowest BCUT2D eigenvalue weighted by molar-refractivity contribution is -0.191. The number of unbranched alkanes of at least 4 members (excludes halogenated alkanes) is 1. The summed E-state index contributed by atoms with van der Waals surface area (Å²) in [5.74, 6) is -1.12. The van der Waals surface area contributed by atoms with Crippen molar-refractivity contribution in [1.82, 2.24) is 0 Å². The van der Waals surface area contributed by atoms with Gasteiger partial charge in [0, 0.05) is 26.7 Å². The van der Waals surface area contributed by atoms with Crippen LogP contribution in [-0.2, 0) is 33.3 Å². The molecular formula is C19H30O8S. The average Bonchev–Trinajstić information content (AvgIpc) is 2.62. The van der Waals surface area contributed by atoms with Gasteiger partial charge in [-0.2, -0.15) is 0 Å². The van der Waals surface area contributed by atoms with Crippen LogP contribution in [-0.4, -0.2) is 65.7 Å². The molecule has 1 fully saturated rings. The lowest BCUT2D eigenvalue weighted by Gasteiger charge is -2.42. The van der Waals surface area contributed by atoms with Crippen LogP contribution in [0.15, 0.2) is 12.7 Å². The molecular weight excluding hydrogens is 388 g/mol. The van der Waals surface area contributed by atoms with Gasteiger partial charge in [0.1, 0.15) is 30.4 Å². The summed E-state index contributed by atoms with van der Waals surface area (Å²) in [5.41, 5.74) is -0.423. The van der Waals surface area contributed by atoms with Crippen LogP contribution in [0, 0.1) is 5.92 Å². The van der Waals surface area contributed by atoms with E-state index in [2.05, 4.69) is 6.58 Å². The Morgan fingerprint density at radius 2 is 1.96 bits per heavy atom. The highest BCUT2D eigenvalue weighted by Crippen LogP contribution is 2.37. The van der Waals surface area contributed by atoms with Crippen LogP contribution < -0.4 is 0 Å². The van der Waals surface area contributed by atoms with Crippen molar-refractivity contribution in [2.45, 2.75) is 63.8 Å². The molecule has 0 amide bonds.